The molecule has 0 bridgehead atoms. The van der Waals surface area contributed by atoms with E-state index in [9.17, 15) is 0 Å². The number of anilines is 2. The van der Waals surface area contributed by atoms with Gasteiger partial charge in [-0.3, -0.25) is 0 Å². The minimum absolute atomic E-state index is 0.281. The highest BCUT2D eigenvalue weighted by Gasteiger charge is 2.45. The maximum Gasteiger partial charge on any atom is 0.217 e. The largest absolute Gasteiger partial charge is 0.491 e. The van der Waals surface area contributed by atoms with Crippen LogP contribution in [0.1, 0.15) is 11.4 Å². The van der Waals surface area contributed by atoms with E-state index in [0.29, 0.717) is 28.8 Å². The van der Waals surface area contributed by atoms with Gasteiger partial charge in [0, 0.05) is 66.2 Å². The lowest BCUT2D eigenvalue weighted by atomic mass is 10.1. The molecule has 4 heterocycles. The average Bonchev–Trinajstić information content (AvgIpc) is 3.83. The maximum absolute atomic E-state index is 6.58. The Balaban J connectivity index is 0.935. The molecule has 2 saturated heterocycles. The monoisotopic (exact) mass is 645 g/mol. The summed E-state index contributed by atoms with van der Waals surface area (Å²) in [7, 11) is 0. The van der Waals surface area contributed by atoms with Gasteiger partial charge in [-0.25, -0.2) is 14.6 Å². The van der Waals surface area contributed by atoms with E-state index in [1.165, 1.54) is 17.7 Å². The first-order valence-electron chi connectivity index (χ1n) is 14.9. The van der Waals surface area contributed by atoms with E-state index < -0.39 is 5.79 Å². The molecular weight excluding hydrogens is 613 g/mol. The second kappa shape index (κ2) is 12.7. The second-order valence-electron chi connectivity index (χ2n) is 11.2. The van der Waals surface area contributed by atoms with Gasteiger partial charge in [-0.1, -0.05) is 29.3 Å². The highest BCUT2D eigenvalue weighted by Crippen LogP contribution is 2.40. The standard InChI is InChI=1S/C33H33Cl2N7O3/c1-24-37-12-13-42(24)28-5-3-26(4-6-28)39-14-16-40(17-15-39)27-7-9-29(10-8-27)43-19-30-20-44-33(45-30,21-41-23-36-22-38-41)31-11-2-25(34)18-32(31)35/h2-13,18,22-23,30H,14-17,19-21H2,1H3/t30-,33-/m1/s1. The van der Waals surface area contributed by atoms with Crippen molar-refractivity contribution in [3.8, 4) is 11.4 Å². The summed E-state index contributed by atoms with van der Waals surface area (Å²) < 4.78 is 22.6. The minimum atomic E-state index is -1.14. The minimum Gasteiger partial charge on any atom is -0.491 e. The van der Waals surface area contributed by atoms with E-state index in [1.54, 1.807) is 23.1 Å². The molecule has 5 aromatic rings. The first kappa shape index (κ1) is 29.6. The summed E-state index contributed by atoms with van der Waals surface area (Å²) in [4.78, 5) is 13.2. The van der Waals surface area contributed by atoms with Gasteiger partial charge < -0.3 is 28.6 Å². The molecule has 12 heteroatoms. The molecule has 2 aliphatic rings. The summed E-state index contributed by atoms with van der Waals surface area (Å²) >= 11 is 12.7. The van der Waals surface area contributed by atoms with Crippen LogP contribution in [0.15, 0.2) is 91.8 Å². The van der Waals surface area contributed by atoms with Gasteiger partial charge in [-0.15, -0.1) is 0 Å². The summed E-state index contributed by atoms with van der Waals surface area (Å²) in [6.45, 7) is 6.74. The van der Waals surface area contributed by atoms with Crippen LogP contribution in [0.5, 0.6) is 5.75 Å². The highest BCUT2D eigenvalue weighted by molar-refractivity contribution is 6.35. The summed E-state index contributed by atoms with van der Waals surface area (Å²) in [6, 6.07) is 22.2. The number of hydrogen-bond acceptors (Lipinski definition) is 8. The third kappa shape index (κ3) is 6.37. The topological polar surface area (TPSA) is 82.7 Å². The van der Waals surface area contributed by atoms with Gasteiger partial charge in [-0.2, -0.15) is 5.10 Å². The number of ether oxygens (including phenoxy) is 3. The van der Waals surface area contributed by atoms with E-state index in [-0.39, 0.29) is 12.6 Å². The fourth-order valence-electron chi connectivity index (χ4n) is 5.92. The van der Waals surface area contributed by atoms with Crippen LogP contribution < -0.4 is 14.5 Å². The molecule has 0 N–H and O–H groups in total. The summed E-state index contributed by atoms with van der Waals surface area (Å²) in [6.07, 6.45) is 6.59. The van der Waals surface area contributed by atoms with Crippen LogP contribution in [-0.2, 0) is 21.8 Å². The number of aromatic nitrogens is 5. The third-order valence-corrected chi connectivity index (χ3v) is 8.82. The van der Waals surface area contributed by atoms with Crippen LogP contribution in [0.2, 0.25) is 10.0 Å². The van der Waals surface area contributed by atoms with Gasteiger partial charge in [0.25, 0.3) is 0 Å². The van der Waals surface area contributed by atoms with E-state index in [4.69, 9.17) is 37.4 Å². The van der Waals surface area contributed by atoms with Crippen molar-refractivity contribution in [1.29, 1.82) is 0 Å². The molecule has 0 amide bonds. The molecule has 0 spiro atoms. The van der Waals surface area contributed by atoms with Crippen LogP contribution >= 0.6 is 23.2 Å². The number of aryl methyl sites for hydroxylation is 1. The predicted molar refractivity (Wildman–Crippen MR) is 174 cm³/mol. The van der Waals surface area contributed by atoms with Crippen molar-refractivity contribution in [1.82, 2.24) is 24.3 Å². The molecule has 10 nitrogen and oxygen atoms in total. The molecule has 2 fully saturated rings. The Morgan fingerprint density at radius 1 is 0.911 bits per heavy atom. The van der Waals surface area contributed by atoms with Gasteiger partial charge in [0.15, 0.2) is 0 Å². The van der Waals surface area contributed by atoms with Gasteiger partial charge in [0.2, 0.25) is 5.79 Å². The molecule has 7 rings (SSSR count). The summed E-state index contributed by atoms with van der Waals surface area (Å²) in [5, 5.41) is 5.23. The predicted octanol–water partition coefficient (Wildman–Crippen LogP) is 5.75. The third-order valence-electron chi connectivity index (χ3n) is 8.27. The Labute approximate surface area is 271 Å². The van der Waals surface area contributed by atoms with E-state index >= 15 is 0 Å². The van der Waals surface area contributed by atoms with Crippen molar-refractivity contribution in [2.24, 2.45) is 0 Å². The van der Waals surface area contributed by atoms with Crippen LogP contribution in [-0.4, -0.2) is 69.8 Å². The van der Waals surface area contributed by atoms with Crippen molar-refractivity contribution in [2.75, 3.05) is 49.2 Å². The lowest BCUT2D eigenvalue weighted by molar-refractivity contribution is -0.190. The first-order chi connectivity index (χ1) is 22.0. The van der Waals surface area contributed by atoms with Crippen LogP contribution in [0.3, 0.4) is 0 Å². The van der Waals surface area contributed by atoms with Crippen molar-refractivity contribution < 1.29 is 14.2 Å². The zero-order chi connectivity index (χ0) is 30.8. The Hall–Kier alpha value is -4.09. The van der Waals surface area contributed by atoms with Gasteiger partial charge in [-0.05, 0) is 67.6 Å². The lowest BCUT2D eigenvalue weighted by Gasteiger charge is -2.37. The number of nitrogens with zero attached hydrogens (tertiary/aromatic N) is 7. The Bertz CT molecular complexity index is 1720. The van der Waals surface area contributed by atoms with Gasteiger partial charge in [0.1, 0.15) is 43.5 Å². The average molecular weight is 647 g/mol. The van der Waals surface area contributed by atoms with Crippen LogP contribution in [0.4, 0.5) is 11.4 Å². The maximum atomic E-state index is 6.58. The van der Waals surface area contributed by atoms with Gasteiger partial charge in [0.05, 0.1) is 11.6 Å². The van der Waals surface area contributed by atoms with Gasteiger partial charge >= 0.3 is 0 Å². The lowest BCUT2D eigenvalue weighted by Crippen LogP contribution is -2.46. The van der Waals surface area contributed by atoms with Crippen LogP contribution in [0.25, 0.3) is 5.69 Å². The summed E-state index contributed by atoms with van der Waals surface area (Å²) in [5.41, 5.74) is 4.22. The number of benzene rings is 3. The number of piperazine rings is 1. The van der Waals surface area contributed by atoms with Crippen molar-refractivity contribution in [3.05, 3.63) is 113 Å². The van der Waals surface area contributed by atoms with Crippen molar-refractivity contribution >= 4 is 34.6 Å². The molecule has 2 aliphatic heterocycles. The van der Waals surface area contributed by atoms with E-state index in [1.807, 2.05) is 37.5 Å². The first-order valence-corrected chi connectivity index (χ1v) is 15.6. The second-order valence-corrected chi connectivity index (χ2v) is 12.0. The molecule has 0 unspecified atom stereocenters. The molecule has 2 atom stereocenters. The van der Waals surface area contributed by atoms with Crippen molar-refractivity contribution in [3.63, 3.8) is 0 Å². The smallest absolute Gasteiger partial charge is 0.217 e. The molecule has 3 aromatic carbocycles. The van der Waals surface area contributed by atoms with E-state index in [0.717, 1.165) is 43.4 Å². The molecule has 232 valence electrons. The number of imidazole rings is 1. The molecule has 2 aromatic heterocycles. The molecule has 0 radical (unpaired) electrons. The normalized spacial score (nSPS) is 20.1. The summed E-state index contributed by atoms with van der Waals surface area (Å²) in [5.74, 6) is 0.610. The SMILES string of the molecule is Cc1nccn1-c1ccc(N2CCN(c3ccc(OC[C@@H]4CO[C@@](Cn5cncn5)(c5ccc(Cl)cc5Cl)O4)cc3)CC2)cc1. The molecular formula is C33H33Cl2N7O3. The van der Waals surface area contributed by atoms with E-state index in [2.05, 4.69) is 65.8 Å². The quantitative estimate of drug-likeness (QED) is 0.200. The number of rotatable bonds is 9. The molecule has 45 heavy (non-hydrogen) atoms. The Kier molecular flexibility index (Phi) is 8.37. The fraction of sp³-hybridized carbons (Fsp3) is 0.303. The van der Waals surface area contributed by atoms with Crippen LogP contribution in [0, 0.1) is 6.92 Å². The van der Waals surface area contributed by atoms with Crippen molar-refractivity contribution in [2.45, 2.75) is 25.4 Å². The Morgan fingerprint density at radius 3 is 2.22 bits per heavy atom. The molecule has 0 aliphatic carbocycles. The zero-order valence-electron chi connectivity index (χ0n) is 24.8. The highest BCUT2D eigenvalue weighted by atomic mass is 35.5. The molecule has 0 saturated carbocycles. The number of halogens is 2. The zero-order valence-corrected chi connectivity index (χ0v) is 26.3. The number of hydrogen-bond donors (Lipinski definition) is 0. The Morgan fingerprint density at radius 2 is 1.60 bits per heavy atom. The fourth-order valence-corrected chi connectivity index (χ4v) is 6.47.